The van der Waals surface area contributed by atoms with Crippen molar-refractivity contribution < 1.29 is 22.6 Å². The van der Waals surface area contributed by atoms with Gasteiger partial charge in [0.15, 0.2) is 16.7 Å². The Morgan fingerprint density at radius 2 is 1.67 bits per heavy atom. The average molecular weight is 475 g/mol. The molecule has 0 spiro atoms. The minimum Gasteiger partial charge on any atom is -0.493 e. The molecule has 1 heterocycles. The molecule has 2 aromatic carbocycles. The zero-order chi connectivity index (χ0) is 21.9. The summed E-state index contributed by atoms with van der Waals surface area (Å²) in [5.41, 5.74) is 0.224. The van der Waals surface area contributed by atoms with Crippen molar-refractivity contribution in [1.82, 2.24) is 9.97 Å². The van der Waals surface area contributed by atoms with Crippen molar-refractivity contribution in [3.63, 3.8) is 0 Å². The van der Waals surface area contributed by atoms with Crippen molar-refractivity contribution in [3.05, 3.63) is 63.8 Å². The third kappa shape index (κ3) is 5.30. The number of benzene rings is 2. The highest BCUT2D eigenvalue weighted by molar-refractivity contribution is 7.98. The Morgan fingerprint density at radius 3 is 2.30 bits per heavy atom. The Morgan fingerprint density at radius 1 is 0.933 bits per heavy atom. The van der Waals surface area contributed by atoms with Gasteiger partial charge in [0.1, 0.15) is 5.69 Å². The molecule has 4 nitrogen and oxygen atoms in total. The van der Waals surface area contributed by atoms with Crippen LogP contribution in [0.15, 0.2) is 47.6 Å². The van der Waals surface area contributed by atoms with Gasteiger partial charge in [0.2, 0.25) is 0 Å². The maximum atomic E-state index is 13.4. The van der Waals surface area contributed by atoms with Crippen molar-refractivity contribution in [2.24, 2.45) is 0 Å². The molecule has 3 aromatic rings. The smallest absolute Gasteiger partial charge is 0.433 e. The number of hydrogen-bond acceptors (Lipinski definition) is 5. The van der Waals surface area contributed by atoms with Gasteiger partial charge in [-0.3, -0.25) is 0 Å². The summed E-state index contributed by atoms with van der Waals surface area (Å²) in [6.45, 7) is 0. The molecule has 1 aromatic heterocycles. The van der Waals surface area contributed by atoms with Crippen LogP contribution in [0.4, 0.5) is 13.2 Å². The van der Waals surface area contributed by atoms with Crippen LogP contribution in [0.5, 0.6) is 11.5 Å². The Bertz CT molecular complexity index is 1060. The fourth-order valence-corrected chi connectivity index (χ4v) is 3.98. The molecule has 0 N–H and O–H groups in total. The molecule has 0 aliphatic carbocycles. The number of aromatic nitrogens is 2. The molecule has 30 heavy (non-hydrogen) atoms. The van der Waals surface area contributed by atoms with Crippen LogP contribution in [0.25, 0.3) is 11.3 Å². The lowest BCUT2D eigenvalue weighted by Crippen LogP contribution is -2.10. The molecule has 3 rings (SSSR count). The van der Waals surface area contributed by atoms with E-state index in [1.165, 1.54) is 14.2 Å². The molecule has 0 amide bonds. The van der Waals surface area contributed by atoms with Crippen LogP contribution in [0.2, 0.25) is 10.0 Å². The lowest BCUT2D eigenvalue weighted by atomic mass is 10.1. The number of thioether (sulfide) groups is 1. The molecular weight excluding hydrogens is 460 g/mol. The summed E-state index contributed by atoms with van der Waals surface area (Å²) in [5.74, 6) is 1.12. The van der Waals surface area contributed by atoms with Gasteiger partial charge < -0.3 is 9.47 Å². The van der Waals surface area contributed by atoms with Crippen molar-refractivity contribution in [2.75, 3.05) is 14.2 Å². The Kier molecular flexibility index (Phi) is 7.00. The van der Waals surface area contributed by atoms with E-state index in [2.05, 4.69) is 9.97 Å². The highest BCUT2D eigenvalue weighted by Gasteiger charge is 2.34. The summed E-state index contributed by atoms with van der Waals surface area (Å²) in [6, 6.07) is 10.6. The topological polar surface area (TPSA) is 44.2 Å². The first-order valence-corrected chi connectivity index (χ1v) is 10.2. The largest absolute Gasteiger partial charge is 0.493 e. The normalized spacial score (nSPS) is 11.4. The molecule has 0 aliphatic heterocycles. The van der Waals surface area contributed by atoms with E-state index in [0.29, 0.717) is 32.7 Å². The molecule has 0 aliphatic rings. The van der Waals surface area contributed by atoms with Crippen LogP contribution in [0.3, 0.4) is 0 Å². The summed E-state index contributed by atoms with van der Waals surface area (Å²) in [5, 5.41) is 0.863. The summed E-state index contributed by atoms with van der Waals surface area (Å²) in [6.07, 6.45) is -4.62. The van der Waals surface area contributed by atoms with E-state index in [1.807, 2.05) is 0 Å². The van der Waals surface area contributed by atoms with E-state index in [0.717, 1.165) is 17.8 Å². The van der Waals surface area contributed by atoms with Gasteiger partial charge in [-0.25, -0.2) is 9.97 Å². The van der Waals surface area contributed by atoms with Crippen molar-refractivity contribution in [2.45, 2.75) is 17.1 Å². The Balaban J connectivity index is 1.98. The molecule has 0 fully saturated rings. The number of hydrogen-bond donors (Lipinski definition) is 0. The number of alkyl halides is 3. The summed E-state index contributed by atoms with van der Waals surface area (Å²) in [4.78, 5) is 7.97. The third-order valence-corrected chi connectivity index (χ3v) is 5.53. The van der Waals surface area contributed by atoms with Gasteiger partial charge in [0.05, 0.1) is 19.9 Å². The molecule has 0 bridgehead atoms. The van der Waals surface area contributed by atoms with Gasteiger partial charge >= 0.3 is 6.18 Å². The van der Waals surface area contributed by atoms with Gasteiger partial charge in [-0.1, -0.05) is 41.0 Å². The molecule has 0 unspecified atom stereocenters. The molecule has 10 heteroatoms. The molecule has 0 saturated carbocycles. The second-order valence-electron chi connectivity index (χ2n) is 6.01. The van der Waals surface area contributed by atoms with Crippen molar-refractivity contribution in [1.29, 1.82) is 0 Å². The number of methoxy groups -OCH3 is 2. The standard InChI is InChI=1S/C20H15Cl2F3N2O2S/c1-28-16-6-4-11(7-17(16)29-2)15-9-18(20(23,24)25)27-19(26-15)30-10-12-3-5-13(21)8-14(12)22/h3-9H,10H2,1-2H3. The second kappa shape index (κ2) is 9.32. The van der Waals surface area contributed by atoms with Crippen LogP contribution < -0.4 is 9.47 Å². The van der Waals surface area contributed by atoms with Gasteiger partial charge in [0, 0.05) is 21.4 Å². The summed E-state index contributed by atoms with van der Waals surface area (Å²) < 4.78 is 50.7. The fraction of sp³-hybridized carbons (Fsp3) is 0.200. The van der Waals surface area contributed by atoms with Crippen LogP contribution >= 0.6 is 35.0 Å². The van der Waals surface area contributed by atoms with Crippen LogP contribution in [-0.2, 0) is 11.9 Å². The summed E-state index contributed by atoms with van der Waals surface area (Å²) >= 11 is 13.1. The van der Waals surface area contributed by atoms with E-state index >= 15 is 0 Å². The lowest BCUT2D eigenvalue weighted by molar-refractivity contribution is -0.141. The second-order valence-corrected chi connectivity index (χ2v) is 7.80. The molecular formula is C20H15Cl2F3N2O2S. The van der Waals surface area contributed by atoms with E-state index in [1.54, 1.807) is 36.4 Å². The Hall–Kier alpha value is -2.16. The lowest BCUT2D eigenvalue weighted by Gasteiger charge is -2.13. The average Bonchev–Trinajstić information content (AvgIpc) is 2.71. The predicted molar refractivity (Wildman–Crippen MR) is 112 cm³/mol. The Labute approximate surface area is 185 Å². The van der Waals surface area contributed by atoms with E-state index in [9.17, 15) is 13.2 Å². The molecule has 158 valence electrons. The van der Waals surface area contributed by atoms with E-state index < -0.39 is 11.9 Å². The highest BCUT2D eigenvalue weighted by Crippen LogP contribution is 2.36. The highest BCUT2D eigenvalue weighted by atomic mass is 35.5. The first-order valence-electron chi connectivity index (χ1n) is 8.46. The number of rotatable bonds is 6. The monoisotopic (exact) mass is 474 g/mol. The summed E-state index contributed by atoms with van der Waals surface area (Å²) in [7, 11) is 2.92. The van der Waals surface area contributed by atoms with Crippen LogP contribution in [0, 0.1) is 0 Å². The van der Waals surface area contributed by atoms with Gasteiger partial charge in [-0.05, 0) is 42.0 Å². The van der Waals surface area contributed by atoms with Crippen LogP contribution in [0.1, 0.15) is 11.3 Å². The van der Waals surface area contributed by atoms with Crippen molar-refractivity contribution in [3.8, 4) is 22.8 Å². The first-order chi connectivity index (χ1) is 14.2. The maximum absolute atomic E-state index is 13.4. The fourth-order valence-electron chi connectivity index (χ4n) is 2.56. The predicted octanol–water partition coefficient (Wildman–Crippen LogP) is 6.78. The zero-order valence-corrected chi connectivity index (χ0v) is 18.1. The van der Waals surface area contributed by atoms with Gasteiger partial charge in [-0.2, -0.15) is 13.2 Å². The van der Waals surface area contributed by atoms with Crippen molar-refractivity contribution >= 4 is 35.0 Å². The third-order valence-electron chi connectivity index (χ3n) is 4.05. The SMILES string of the molecule is COc1ccc(-c2cc(C(F)(F)F)nc(SCc3ccc(Cl)cc3Cl)n2)cc1OC. The number of halogens is 5. The molecule has 0 saturated heterocycles. The van der Waals surface area contributed by atoms with Gasteiger partial charge in [-0.15, -0.1) is 0 Å². The quantitative estimate of drug-likeness (QED) is 0.291. The molecule has 0 radical (unpaired) electrons. The van der Waals surface area contributed by atoms with Gasteiger partial charge in [0.25, 0.3) is 0 Å². The van der Waals surface area contributed by atoms with E-state index in [4.69, 9.17) is 32.7 Å². The zero-order valence-electron chi connectivity index (χ0n) is 15.8. The first kappa shape index (κ1) is 22.5. The number of nitrogens with zero attached hydrogens (tertiary/aromatic N) is 2. The van der Waals surface area contributed by atoms with Crippen LogP contribution in [-0.4, -0.2) is 24.2 Å². The maximum Gasteiger partial charge on any atom is 0.433 e. The van der Waals surface area contributed by atoms with E-state index in [-0.39, 0.29) is 16.6 Å². The minimum absolute atomic E-state index is 0.0272. The molecule has 0 atom stereocenters. The minimum atomic E-state index is -4.62. The number of ether oxygens (including phenoxy) is 2.